The van der Waals surface area contributed by atoms with Crippen molar-refractivity contribution in [1.29, 1.82) is 0 Å². The Morgan fingerprint density at radius 1 is 1.56 bits per heavy atom. The first-order valence-corrected chi connectivity index (χ1v) is 3.32. The Bertz CT molecular complexity index is 150. The number of H-pyrrole nitrogens is 1. The topological polar surface area (TPSA) is 54.5 Å². The first-order chi connectivity index (χ1) is 4.43. The molecule has 0 amide bonds. The second-order valence-electron chi connectivity index (χ2n) is 1.66. The number of aromatic amines is 1. The maximum atomic E-state index is 4.74. The molecule has 1 aromatic rings. The lowest BCUT2D eigenvalue weighted by Gasteiger charge is -1.86. The molecule has 49 valence electrons. The number of aromatic nitrogens is 4. The van der Waals surface area contributed by atoms with E-state index in [9.17, 15) is 0 Å². The van der Waals surface area contributed by atoms with Gasteiger partial charge in [0.25, 0.3) is 0 Å². The summed E-state index contributed by atoms with van der Waals surface area (Å²) < 4.78 is 0. The maximum Gasteiger partial charge on any atom is 0.148 e. The second-order valence-corrected chi connectivity index (χ2v) is 2.06. The van der Waals surface area contributed by atoms with Crippen LogP contribution in [0, 0.1) is 0 Å². The minimum Gasteiger partial charge on any atom is -0.243 e. The number of tetrazole rings is 1. The van der Waals surface area contributed by atoms with E-state index in [0.717, 1.165) is 24.4 Å². The van der Waals surface area contributed by atoms with E-state index in [1.807, 2.05) is 0 Å². The Hall–Kier alpha value is -0.580. The van der Waals surface area contributed by atoms with Crippen LogP contribution in [-0.2, 0) is 6.42 Å². The molecule has 0 aromatic carbocycles. The molecule has 0 unspecified atom stereocenters. The molecule has 0 aliphatic carbocycles. The molecule has 4 nitrogen and oxygen atoms in total. The van der Waals surface area contributed by atoms with Crippen molar-refractivity contribution < 1.29 is 0 Å². The van der Waals surface area contributed by atoms with E-state index in [-0.39, 0.29) is 0 Å². The zero-order valence-corrected chi connectivity index (χ0v) is 5.69. The van der Waals surface area contributed by atoms with E-state index in [0.29, 0.717) is 0 Å². The van der Waals surface area contributed by atoms with E-state index in [2.05, 4.69) is 20.6 Å². The van der Waals surface area contributed by atoms with Gasteiger partial charge in [0.1, 0.15) is 5.82 Å². The molecule has 9 heavy (non-hydrogen) atoms. The van der Waals surface area contributed by atoms with E-state index >= 15 is 0 Å². The number of hydrogen-bond donors (Lipinski definition) is 1. The summed E-state index contributed by atoms with van der Waals surface area (Å²) in [4.78, 5) is 0. The van der Waals surface area contributed by atoms with Gasteiger partial charge < -0.3 is 0 Å². The fraction of sp³-hybridized carbons (Fsp3) is 0.750. The summed E-state index contributed by atoms with van der Waals surface area (Å²) in [6.45, 7) is 0. The second kappa shape index (κ2) is 3.45. The monoisotopic (exact) mass is 143 g/mol. The van der Waals surface area contributed by atoms with E-state index in [1.54, 1.807) is 0 Å². The highest BCUT2D eigenvalue weighted by molar-refractivity contribution is 7.80. The molecule has 0 atom stereocenters. The summed E-state index contributed by atoms with van der Waals surface area (Å²) >= 11 is 4.74. The van der Waals surface area contributed by atoms with Gasteiger partial charge in [0.05, 0.1) is 0 Å². The third kappa shape index (κ3) is 2.01. The summed E-state index contributed by atoms with van der Waals surface area (Å²) in [7, 11) is 0. The van der Waals surface area contributed by atoms with Crippen molar-refractivity contribution in [3.8, 4) is 0 Å². The third-order valence-corrected chi connectivity index (χ3v) is 1.24. The predicted octanol–water partition coefficient (Wildman–Crippen LogP) is 0.330. The highest BCUT2D eigenvalue weighted by atomic mass is 32.1. The van der Waals surface area contributed by atoms with E-state index in [4.69, 9.17) is 12.6 Å². The molecule has 1 radical (unpaired) electrons. The van der Waals surface area contributed by atoms with Crippen molar-refractivity contribution in [3.05, 3.63) is 5.82 Å². The summed E-state index contributed by atoms with van der Waals surface area (Å²) in [5, 5.41) is 13.2. The summed E-state index contributed by atoms with van der Waals surface area (Å²) in [5.74, 6) is 1.58. The van der Waals surface area contributed by atoms with Gasteiger partial charge in [-0.1, -0.05) is 12.6 Å². The van der Waals surface area contributed by atoms with Crippen LogP contribution in [0.5, 0.6) is 0 Å². The Morgan fingerprint density at radius 2 is 2.44 bits per heavy atom. The minimum absolute atomic E-state index is 0.765. The third-order valence-electron chi connectivity index (χ3n) is 0.947. The average Bonchev–Trinajstić information content (AvgIpc) is 2.34. The van der Waals surface area contributed by atoms with Crippen LogP contribution in [-0.4, -0.2) is 26.4 Å². The molecule has 1 aromatic heterocycles. The fourth-order valence-corrected chi connectivity index (χ4v) is 0.669. The number of rotatable bonds is 3. The highest BCUT2D eigenvalue weighted by Crippen LogP contribution is 1.92. The molecule has 1 heterocycles. The van der Waals surface area contributed by atoms with Crippen LogP contribution >= 0.6 is 12.6 Å². The molecule has 0 bridgehead atoms. The van der Waals surface area contributed by atoms with Gasteiger partial charge in [-0.15, -0.1) is 5.10 Å². The smallest absolute Gasteiger partial charge is 0.148 e. The first kappa shape index (κ1) is 6.54. The molecule has 0 saturated heterocycles. The number of nitrogens with one attached hydrogen (secondary N) is 1. The van der Waals surface area contributed by atoms with Crippen LogP contribution in [0.25, 0.3) is 0 Å². The highest BCUT2D eigenvalue weighted by Gasteiger charge is 1.93. The first-order valence-electron chi connectivity index (χ1n) is 2.74. The lowest BCUT2D eigenvalue weighted by Crippen LogP contribution is -1.88. The molecule has 1 N–H and O–H groups in total. The van der Waals surface area contributed by atoms with Crippen LogP contribution in [0.2, 0.25) is 0 Å². The maximum absolute atomic E-state index is 4.74. The van der Waals surface area contributed by atoms with Crippen molar-refractivity contribution in [1.82, 2.24) is 20.6 Å². The van der Waals surface area contributed by atoms with Gasteiger partial charge in [0, 0.05) is 12.2 Å². The van der Waals surface area contributed by atoms with Gasteiger partial charge in [-0.05, 0) is 16.8 Å². The molecule has 0 aliphatic heterocycles. The lowest BCUT2D eigenvalue weighted by molar-refractivity contribution is 0.848. The minimum atomic E-state index is 0.765. The molecule has 0 aliphatic rings. The summed E-state index contributed by atoms with van der Waals surface area (Å²) in [6.07, 6.45) is 1.82. The normalized spacial score (nSPS) is 9.89. The number of nitrogens with zero attached hydrogens (tertiary/aromatic N) is 3. The quantitative estimate of drug-likeness (QED) is 0.663. The molecule has 1 rings (SSSR count). The Kier molecular flexibility index (Phi) is 2.50. The SMILES string of the molecule is [S]CCCc1nnn[nH]1. The Morgan fingerprint density at radius 3 is 3.00 bits per heavy atom. The zero-order valence-electron chi connectivity index (χ0n) is 4.87. The van der Waals surface area contributed by atoms with Crippen molar-refractivity contribution in [3.63, 3.8) is 0 Å². The molecule has 0 fully saturated rings. The summed E-state index contributed by atoms with van der Waals surface area (Å²) in [6, 6.07) is 0. The molecular formula is C4H7N4S. The van der Waals surface area contributed by atoms with Crippen LogP contribution in [0.3, 0.4) is 0 Å². The average molecular weight is 143 g/mol. The largest absolute Gasteiger partial charge is 0.243 e. The van der Waals surface area contributed by atoms with Gasteiger partial charge >= 0.3 is 0 Å². The van der Waals surface area contributed by atoms with Crippen molar-refractivity contribution in [2.75, 3.05) is 5.75 Å². The molecular weight excluding hydrogens is 136 g/mol. The lowest BCUT2D eigenvalue weighted by atomic mass is 10.3. The van der Waals surface area contributed by atoms with Gasteiger partial charge in [0.15, 0.2) is 0 Å². The van der Waals surface area contributed by atoms with E-state index < -0.39 is 0 Å². The van der Waals surface area contributed by atoms with Crippen LogP contribution in [0.15, 0.2) is 0 Å². The zero-order chi connectivity index (χ0) is 6.53. The fourth-order valence-electron chi connectivity index (χ4n) is 0.524. The predicted molar refractivity (Wildman–Crippen MR) is 35.0 cm³/mol. The molecule has 0 spiro atoms. The van der Waals surface area contributed by atoms with Gasteiger partial charge in [-0.3, -0.25) is 0 Å². The Balaban J connectivity index is 2.30. The number of hydrogen-bond acceptors (Lipinski definition) is 3. The number of aryl methyl sites for hydroxylation is 1. The Labute approximate surface area is 58.5 Å². The van der Waals surface area contributed by atoms with Gasteiger partial charge in [0.2, 0.25) is 0 Å². The van der Waals surface area contributed by atoms with Crippen molar-refractivity contribution in [2.24, 2.45) is 0 Å². The summed E-state index contributed by atoms with van der Waals surface area (Å²) in [5.41, 5.74) is 0. The van der Waals surface area contributed by atoms with E-state index in [1.165, 1.54) is 0 Å². The molecule has 5 heteroatoms. The van der Waals surface area contributed by atoms with Crippen molar-refractivity contribution >= 4 is 12.6 Å². The van der Waals surface area contributed by atoms with Crippen molar-refractivity contribution in [2.45, 2.75) is 12.8 Å². The van der Waals surface area contributed by atoms with Gasteiger partial charge in [-0.25, -0.2) is 5.10 Å². The molecule has 0 saturated carbocycles. The van der Waals surface area contributed by atoms with Crippen LogP contribution < -0.4 is 0 Å². The van der Waals surface area contributed by atoms with Crippen LogP contribution in [0.1, 0.15) is 12.2 Å². The van der Waals surface area contributed by atoms with Crippen LogP contribution in [0.4, 0.5) is 0 Å². The standard InChI is InChI=1S/C4H7N4S/c9-3-1-2-4-5-7-8-6-4/h1-3H2,(H,5,6,7,8). The van der Waals surface area contributed by atoms with Gasteiger partial charge in [-0.2, -0.15) is 0 Å².